The van der Waals surface area contributed by atoms with Gasteiger partial charge in [-0.25, -0.2) is 0 Å². The monoisotopic (exact) mass is 319 g/mol. The second-order valence-electron chi connectivity index (χ2n) is 5.35. The molecule has 4 heteroatoms. The van der Waals surface area contributed by atoms with Crippen LogP contribution >= 0.6 is 15.9 Å². The van der Waals surface area contributed by atoms with Crippen molar-refractivity contribution in [2.45, 2.75) is 24.1 Å². The summed E-state index contributed by atoms with van der Waals surface area (Å²) in [5, 5.41) is 10.6. The van der Waals surface area contributed by atoms with Gasteiger partial charge in [0.1, 0.15) is 0 Å². The molecule has 4 atom stereocenters. The number of alkyl halides is 1. The summed E-state index contributed by atoms with van der Waals surface area (Å²) in [7, 11) is 0. The lowest BCUT2D eigenvalue weighted by Crippen LogP contribution is -2.10. The van der Waals surface area contributed by atoms with Gasteiger partial charge in [0.05, 0.1) is 4.92 Å². The Balaban J connectivity index is 1.76. The van der Waals surface area contributed by atoms with Crippen LogP contribution in [-0.2, 0) is 0 Å². The lowest BCUT2D eigenvalue weighted by Gasteiger charge is -2.13. The van der Waals surface area contributed by atoms with Crippen LogP contribution in [0.1, 0.15) is 24.8 Å². The fourth-order valence-electron chi connectivity index (χ4n) is 3.31. The molecule has 2 aliphatic carbocycles. The molecule has 0 aliphatic heterocycles. The zero-order valence-electron chi connectivity index (χ0n) is 10.4. The van der Waals surface area contributed by atoms with Gasteiger partial charge in [-0.2, -0.15) is 0 Å². The van der Waals surface area contributed by atoms with E-state index >= 15 is 0 Å². The molecule has 3 nitrogen and oxygen atoms in total. The molecule has 0 spiro atoms. The van der Waals surface area contributed by atoms with Crippen molar-refractivity contribution in [3.8, 4) is 11.8 Å². The summed E-state index contributed by atoms with van der Waals surface area (Å²) in [5.74, 6) is 8.50. The van der Waals surface area contributed by atoms with E-state index in [1.165, 1.54) is 31.4 Å². The highest BCUT2D eigenvalue weighted by atomic mass is 79.9. The lowest BCUT2D eigenvalue weighted by atomic mass is 9.98. The van der Waals surface area contributed by atoms with Crippen LogP contribution in [0.3, 0.4) is 0 Å². The van der Waals surface area contributed by atoms with Gasteiger partial charge in [-0.1, -0.05) is 27.8 Å². The molecule has 1 aromatic rings. The molecule has 98 valence electrons. The number of nitro groups is 1. The number of fused-ring (bicyclic) bond motifs is 2. The molecular weight excluding hydrogens is 306 g/mol. The first-order chi connectivity index (χ1) is 9.15. The first-order valence-corrected chi connectivity index (χ1v) is 7.47. The van der Waals surface area contributed by atoms with Gasteiger partial charge in [0.25, 0.3) is 5.69 Å². The average molecular weight is 320 g/mol. The highest BCUT2D eigenvalue weighted by Gasteiger charge is 2.46. The third-order valence-corrected chi connectivity index (χ3v) is 5.35. The summed E-state index contributed by atoms with van der Waals surface area (Å²) in [6.07, 6.45) is 3.82. The van der Waals surface area contributed by atoms with Crippen molar-refractivity contribution in [1.82, 2.24) is 0 Å². The maximum Gasteiger partial charge on any atom is 0.269 e. The Morgan fingerprint density at radius 2 is 2.00 bits per heavy atom. The molecule has 0 heterocycles. The van der Waals surface area contributed by atoms with E-state index in [4.69, 9.17) is 0 Å². The maximum absolute atomic E-state index is 10.6. The fourth-order valence-corrected chi connectivity index (χ4v) is 4.38. The van der Waals surface area contributed by atoms with Gasteiger partial charge < -0.3 is 0 Å². The number of nitro benzene ring substituents is 1. The Hall–Kier alpha value is -1.34. The molecule has 2 saturated carbocycles. The molecule has 0 saturated heterocycles. The second-order valence-corrected chi connectivity index (χ2v) is 6.53. The van der Waals surface area contributed by atoms with E-state index in [2.05, 4.69) is 27.8 Å². The van der Waals surface area contributed by atoms with E-state index in [-0.39, 0.29) is 10.6 Å². The van der Waals surface area contributed by atoms with Gasteiger partial charge in [0.2, 0.25) is 0 Å². The Labute approximate surface area is 120 Å². The molecule has 2 aliphatic rings. The Morgan fingerprint density at radius 3 is 2.53 bits per heavy atom. The molecule has 19 heavy (non-hydrogen) atoms. The summed E-state index contributed by atoms with van der Waals surface area (Å²) in [6.45, 7) is 0. The van der Waals surface area contributed by atoms with Crippen molar-refractivity contribution in [3.05, 3.63) is 39.9 Å². The van der Waals surface area contributed by atoms with Crippen LogP contribution in [0.5, 0.6) is 0 Å². The summed E-state index contributed by atoms with van der Waals surface area (Å²) < 4.78 is 0. The third-order valence-electron chi connectivity index (χ3n) is 4.29. The van der Waals surface area contributed by atoms with Gasteiger partial charge in [-0.05, 0) is 43.2 Å². The minimum atomic E-state index is -0.385. The standard InChI is InChI=1S/C15H14BrNO2/c16-15-9-11-4-8-14(15)13(11)7-3-10-1-5-12(6-2-10)17(18)19/h1-2,5-6,11,13-15H,4,8-9H2/t11-,13+,14-,15-/m1/s1. The van der Waals surface area contributed by atoms with E-state index in [0.29, 0.717) is 16.7 Å². The van der Waals surface area contributed by atoms with Gasteiger partial charge >= 0.3 is 0 Å². The van der Waals surface area contributed by atoms with Crippen LogP contribution in [0.15, 0.2) is 24.3 Å². The maximum atomic E-state index is 10.6. The molecule has 3 rings (SSSR count). The van der Waals surface area contributed by atoms with Crippen molar-refractivity contribution >= 4 is 21.6 Å². The molecular formula is C15H14BrNO2. The largest absolute Gasteiger partial charge is 0.269 e. The first-order valence-electron chi connectivity index (χ1n) is 6.55. The van der Waals surface area contributed by atoms with Gasteiger partial charge in [-0.15, -0.1) is 0 Å². The van der Waals surface area contributed by atoms with E-state index in [9.17, 15) is 10.1 Å². The minimum absolute atomic E-state index is 0.118. The number of non-ortho nitro benzene ring substituents is 1. The topological polar surface area (TPSA) is 43.1 Å². The Bertz CT molecular complexity index is 558. The number of hydrogen-bond donors (Lipinski definition) is 0. The molecule has 1 aromatic carbocycles. The fraction of sp³-hybridized carbons (Fsp3) is 0.467. The van der Waals surface area contributed by atoms with E-state index < -0.39 is 0 Å². The number of benzene rings is 1. The minimum Gasteiger partial charge on any atom is -0.258 e. The van der Waals surface area contributed by atoms with Crippen LogP contribution in [0.25, 0.3) is 0 Å². The molecule has 0 aromatic heterocycles. The zero-order chi connectivity index (χ0) is 13.4. The van der Waals surface area contributed by atoms with Crippen molar-refractivity contribution in [1.29, 1.82) is 0 Å². The summed E-state index contributed by atoms with van der Waals surface area (Å²) in [5.41, 5.74) is 0.982. The van der Waals surface area contributed by atoms with Crippen LogP contribution in [0.4, 0.5) is 5.69 Å². The lowest BCUT2D eigenvalue weighted by molar-refractivity contribution is -0.384. The number of rotatable bonds is 1. The summed E-state index contributed by atoms with van der Waals surface area (Å²) in [6, 6.07) is 6.49. The van der Waals surface area contributed by atoms with Gasteiger partial charge in [-0.3, -0.25) is 10.1 Å². The molecule has 0 N–H and O–H groups in total. The molecule has 2 bridgehead atoms. The van der Waals surface area contributed by atoms with Gasteiger partial charge in [0, 0.05) is 28.4 Å². The highest BCUT2D eigenvalue weighted by molar-refractivity contribution is 9.09. The van der Waals surface area contributed by atoms with Gasteiger partial charge in [0.15, 0.2) is 0 Å². The second kappa shape index (κ2) is 4.97. The van der Waals surface area contributed by atoms with E-state index in [1.54, 1.807) is 12.1 Å². The van der Waals surface area contributed by atoms with E-state index in [1.807, 2.05) is 0 Å². The molecule has 0 radical (unpaired) electrons. The predicted octanol–water partition coefficient (Wildman–Crippen LogP) is 3.76. The van der Waals surface area contributed by atoms with Crippen LogP contribution < -0.4 is 0 Å². The van der Waals surface area contributed by atoms with Crippen molar-refractivity contribution in [3.63, 3.8) is 0 Å². The average Bonchev–Trinajstić information content (AvgIpc) is 2.92. The van der Waals surface area contributed by atoms with Crippen LogP contribution in [0, 0.1) is 39.7 Å². The molecule has 2 fully saturated rings. The predicted molar refractivity (Wildman–Crippen MR) is 77.0 cm³/mol. The highest BCUT2D eigenvalue weighted by Crippen LogP contribution is 2.51. The number of halogens is 1. The Morgan fingerprint density at radius 1 is 1.26 bits per heavy atom. The number of hydrogen-bond acceptors (Lipinski definition) is 2. The zero-order valence-corrected chi connectivity index (χ0v) is 12.0. The number of nitrogens with zero attached hydrogens (tertiary/aromatic N) is 1. The normalized spacial score (nSPS) is 31.8. The quantitative estimate of drug-likeness (QED) is 0.342. The third kappa shape index (κ3) is 2.40. The summed E-state index contributed by atoms with van der Waals surface area (Å²) >= 11 is 3.74. The molecule has 0 unspecified atom stereocenters. The summed E-state index contributed by atoms with van der Waals surface area (Å²) in [4.78, 5) is 10.8. The SMILES string of the molecule is O=[N+]([O-])c1ccc(C#C[C@H]2[C@@H]3CC[C@H]2[C@H](Br)C3)cc1. The van der Waals surface area contributed by atoms with Crippen LogP contribution in [-0.4, -0.2) is 9.75 Å². The molecule has 0 amide bonds. The van der Waals surface area contributed by atoms with Crippen molar-refractivity contribution in [2.24, 2.45) is 17.8 Å². The van der Waals surface area contributed by atoms with Crippen LogP contribution in [0.2, 0.25) is 0 Å². The first kappa shape index (κ1) is 12.7. The van der Waals surface area contributed by atoms with Crippen molar-refractivity contribution in [2.75, 3.05) is 0 Å². The Kier molecular flexibility index (Phi) is 3.32. The van der Waals surface area contributed by atoms with Crippen molar-refractivity contribution < 1.29 is 4.92 Å². The smallest absolute Gasteiger partial charge is 0.258 e. The van der Waals surface area contributed by atoms with E-state index in [0.717, 1.165) is 11.5 Å².